The molecule has 0 spiro atoms. The lowest BCUT2D eigenvalue weighted by atomic mass is 10.0. The molecule has 5 nitrogen and oxygen atoms in total. The fraction of sp³-hybridized carbons (Fsp3) is 0.500. The second-order valence-corrected chi connectivity index (χ2v) is 5.25. The molecule has 0 radical (unpaired) electrons. The predicted octanol–water partition coefficient (Wildman–Crippen LogP) is 2.74. The van der Waals surface area contributed by atoms with Crippen LogP contribution in [0.3, 0.4) is 0 Å². The molecule has 0 bridgehead atoms. The lowest BCUT2D eigenvalue weighted by molar-refractivity contribution is -0.385. The van der Waals surface area contributed by atoms with E-state index in [4.69, 9.17) is 4.74 Å². The first-order valence-corrected chi connectivity index (χ1v) is 6.73. The maximum Gasteiger partial charge on any atom is 0.273 e. The second-order valence-electron chi connectivity index (χ2n) is 4.40. The van der Waals surface area contributed by atoms with E-state index in [2.05, 4.69) is 21.2 Å². The summed E-state index contributed by atoms with van der Waals surface area (Å²) in [5.41, 5.74) is 0.0509. The molecule has 1 fully saturated rings. The third-order valence-electron chi connectivity index (χ3n) is 3.00. The third-order valence-corrected chi connectivity index (χ3v) is 3.65. The molecule has 1 aromatic carbocycles. The van der Waals surface area contributed by atoms with Crippen molar-refractivity contribution in [3.05, 3.63) is 32.8 Å². The van der Waals surface area contributed by atoms with Gasteiger partial charge in [0.15, 0.2) is 0 Å². The molecule has 1 saturated heterocycles. The van der Waals surface area contributed by atoms with E-state index >= 15 is 0 Å². The van der Waals surface area contributed by atoms with Crippen molar-refractivity contribution >= 4 is 21.6 Å². The summed E-state index contributed by atoms with van der Waals surface area (Å²) in [6, 6.07) is 4.56. The average molecular weight is 315 g/mol. The van der Waals surface area contributed by atoms with Crippen LogP contribution in [-0.4, -0.2) is 24.6 Å². The monoisotopic (exact) mass is 314 g/mol. The van der Waals surface area contributed by atoms with E-state index in [1.807, 2.05) is 0 Å². The minimum atomic E-state index is -0.415. The summed E-state index contributed by atoms with van der Waals surface area (Å²) in [5.74, 6) is 1.01. The quantitative estimate of drug-likeness (QED) is 0.685. The summed E-state index contributed by atoms with van der Waals surface area (Å²) < 4.78 is 6.42. The molecule has 1 unspecified atom stereocenters. The largest absolute Gasteiger partial charge is 0.492 e. The van der Waals surface area contributed by atoms with Crippen molar-refractivity contribution in [2.45, 2.75) is 12.8 Å². The zero-order valence-corrected chi connectivity index (χ0v) is 11.5. The lowest BCUT2D eigenvalue weighted by Crippen LogP contribution is -2.33. The number of rotatable bonds is 4. The predicted molar refractivity (Wildman–Crippen MR) is 71.9 cm³/mol. The zero-order valence-electron chi connectivity index (χ0n) is 9.89. The van der Waals surface area contributed by atoms with E-state index in [0.29, 0.717) is 18.3 Å². The Hall–Kier alpha value is -1.14. The molecule has 1 aliphatic heterocycles. The molecule has 6 heteroatoms. The maximum absolute atomic E-state index is 10.7. The molecule has 1 atom stereocenters. The van der Waals surface area contributed by atoms with Crippen molar-refractivity contribution in [2.75, 3.05) is 19.7 Å². The SMILES string of the molecule is O=[N+]([O-])c1ccc(Br)c(OCC2CCCNC2)c1. The fourth-order valence-corrected chi connectivity index (χ4v) is 2.35. The Morgan fingerprint density at radius 2 is 2.39 bits per heavy atom. The molecule has 0 saturated carbocycles. The van der Waals surface area contributed by atoms with E-state index in [9.17, 15) is 10.1 Å². The highest BCUT2D eigenvalue weighted by Gasteiger charge is 2.15. The van der Waals surface area contributed by atoms with Gasteiger partial charge in [0.05, 0.1) is 22.1 Å². The Balaban J connectivity index is 1.99. The molecular formula is C12H15BrN2O3. The summed E-state index contributed by atoms with van der Waals surface area (Å²) in [6.07, 6.45) is 2.30. The topological polar surface area (TPSA) is 64.4 Å². The van der Waals surface area contributed by atoms with Gasteiger partial charge in [-0.15, -0.1) is 0 Å². The number of nitro benzene ring substituents is 1. The summed E-state index contributed by atoms with van der Waals surface area (Å²) in [5, 5.41) is 14.0. The van der Waals surface area contributed by atoms with Crippen LogP contribution < -0.4 is 10.1 Å². The van der Waals surface area contributed by atoms with E-state index in [-0.39, 0.29) is 5.69 Å². The number of ether oxygens (including phenoxy) is 1. The van der Waals surface area contributed by atoms with Gasteiger partial charge >= 0.3 is 0 Å². The fourth-order valence-electron chi connectivity index (χ4n) is 1.99. The first-order valence-electron chi connectivity index (χ1n) is 5.94. The Morgan fingerprint density at radius 3 is 3.06 bits per heavy atom. The van der Waals surface area contributed by atoms with Gasteiger partial charge in [0, 0.05) is 18.5 Å². The molecular weight excluding hydrogens is 300 g/mol. The summed E-state index contributed by atoms with van der Waals surface area (Å²) >= 11 is 3.34. The number of nitro groups is 1. The number of piperidine rings is 1. The smallest absolute Gasteiger partial charge is 0.273 e. The molecule has 2 rings (SSSR count). The Morgan fingerprint density at radius 1 is 1.56 bits per heavy atom. The number of hydrogen-bond donors (Lipinski definition) is 1. The highest BCUT2D eigenvalue weighted by Crippen LogP contribution is 2.29. The van der Waals surface area contributed by atoms with Crippen LogP contribution in [-0.2, 0) is 0 Å². The lowest BCUT2D eigenvalue weighted by Gasteiger charge is -2.22. The molecule has 18 heavy (non-hydrogen) atoms. The van der Waals surface area contributed by atoms with Crippen molar-refractivity contribution in [3.63, 3.8) is 0 Å². The van der Waals surface area contributed by atoms with Crippen molar-refractivity contribution in [3.8, 4) is 5.75 Å². The minimum Gasteiger partial charge on any atom is -0.492 e. The standard InChI is InChI=1S/C12H15BrN2O3/c13-11-4-3-10(15(16)17)6-12(11)18-8-9-2-1-5-14-7-9/h3-4,6,9,14H,1-2,5,7-8H2. The van der Waals surface area contributed by atoms with Crippen molar-refractivity contribution < 1.29 is 9.66 Å². The minimum absolute atomic E-state index is 0.0509. The van der Waals surface area contributed by atoms with Crippen LogP contribution in [0.25, 0.3) is 0 Å². The Labute approximate surface area is 114 Å². The number of non-ortho nitro benzene ring substituents is 1. The van der Waals surface area contributed by atoms with Gasteiger partial charge in [-0.3, -0.25) is 10.1 Å². The summed E-state index contributed by atoms with van der Waals surface area (Å²) in [6.45, 7) is 2.61. The van der Waals surface area contributed by atoms with Crippen LogP contribution in [0, 0.1) is 16.0 Å². The number of benzene rings is 1. The van der Waals surface area contributed by atoms with E-state index in [1.54, 1.807) is 6.07 Å². The van der Waals surface area contributed by atoms with Crippen LogP contribution in [0.5, 0.6) is 5.75 Å². The van der Waals surface area contributed by atoms with Gasteiger partial charge in [0.1, 0.15) is 5.75 Å². The molecule has 1 heterocycles. The van der Waals surface area contributed by atoms with Gasteiger partial charge < -0.3 is 10.1 Å². The normalized spacial score (nSPS) is 19.5. The van der Waals surface area contributed by atoms with Gasteiger partial charge in [0.2, 0.25) is 0 Å². The number of nitrogens with one attached hydrogen (secondary N) is 1. The maximum atomic E-state index is 10.7. The van der Waals surface area contributed by atoms with Crippen LogP contribution in [0.1, 0.15) is 12.8 Å². The Bertz CT molecular complexity index is 433. The first kappa shape index (κ1) is 13.3. The molecule has 0 amide bonds. The van der Waals surface area contributed by atoms with Crippen LogP contribution >= 0.6 is 15.9 Å². The number of nitrogens with zero attached hydrogens (tertiary/aromatic N) is 1. The Kier molecular flexibility index (Phi) is 4.54. The molecule has 1 N–H and O–H groups in total. The number of halogens is 1. The van der Waals surface area contributed by atoms with E-state index in [1.165, 1.54) is 12.1 Å². The third kappa shape index (κ3) is 3.43. The molecule has 1 aliphatic rings. The van der Waals surface area contributed by atoms with E-state index in [0.717, 1.165) is 30.4 Å². The van der Waals surface area contributed by atoms with Crippen LogP contribution in [0.2, 0.25) is 0 Å². The zero-order chi connectivity index (χ0) is 13.0. The molecule has 1 aromatic rings. The van der Waals surface area contributed by atoms with Crippen LogP contribution in [0.4, 0.5) is 5.69 Å². The average Bonchev–Trinajstić information content (AvgIpc) is 2.38. The van der Waals surface area contributed by atoms with Crippen molar-refractivity contribution in [2.24, 2.45) is 5.92 Å². The second kappa shape index (κ2) is 6.15. The summed E-state index contributed by atoms with van der Waals surface area (Å²) in [7, 11) is 0. The highest BCUT2D eigenvalue weighted by molar-refractivity contribution is 9.10. The summed E-state index contributed by atoms with van der Waals surface area (Å²) in [4.78, 5) is 10.3. The first-order chi connectivity index (χ1) is 8.66. The van der Waals surface area contributed by atoms with Gasteiger partial charge in [-0.1, -0.05) is 0 Å². The molecule has 0 aromatic heterocycles. The number of hydrogen-bond acceptors (Lipinski definition) is 4. The van der Waals surface area contributed by atoms with Crippen molar-refractivity contribution in [1.82, 2.24) is 5.32 Å². The highest BCUT2D eigenvalue weighted by atomic mass is 79.9. The molecule has 0 aliphatic carbocycles. The van der Waals surface area contributed by atoms with Crippen molar-refractivity contribution in [1.29, 1.82) is 0 Å². The van der Waals surface area contributed by atoms with Gasteiger partial charge in [-0.05, 0) is 41.4 Å². The van der Waals surface area contributed by atoms with Gasteiger partial charge in [-0.2, -0.15) is 0 Å². The van der Waals surface area contributed by atoms with Crippen LogP contribution in [0.15, 0.2) is 22.7 Å². The van der Waals surface area contributed by atoms with E-state index < -0.39 is 4.92 Å². The van der Waals surface area contributed by atoms with Gasteiger partial charge in [0.25, 0.3) is 5.69 Å². The van der Waals surface area contributed by atoms with Gasteiger partial charge in [-0.25, -0.2) is 0 Å². The molecule has 98 valence electrons.